The number of nitrogens with zero attached hydrogens (tertiary/aromatic N) is 4. The lowest BCUT2D eigenvalue weighted by atomic mass is 10.3. The van der Waals surface area contributed by atoms with Gasteiger partial charge in [-0.1, -0.05) is 0 Å². The fraction of sp³-hybridized carbons (Fsp3) is 0.357. The first kappa shape index (κ1) is 12.5. The number of pyridine rings is 1. The van der Waals surface area contributed by atoms with Gasteiger partial charge in [-0.3, -0.25) is 0 Å². The number of aromatic nitrogens is 3. The topological polar surface area (TPSA) is 92.5 Å². The lowest BCUT2D eigenvalue weighted by Gasteiger charge is -2.03. The van der Waals surface area contributed by atoms with Crippen molar-refractivity contribution in [2.75, 3.05) is 17.6 Å². The minimum absolute atomic E-state index is 0.323. The largest absolute Gasteiger partial charge is 0.382 e. The molecule has 102 valence electrons. The molecular weight excluding hydrogens is 252 g/mol. The van der Waals surface area contributed by atoms with E-state index in [9.17, 15) is 5.26 Å². The van der Waals surface area contributed by atoms with Crippen molar-refractivity contribution < 1.29 is 0 Å². The molecule has 0 aromatic carbocycles. The van der Waals surface area contributed by atoms with Gasteiger partial charge in [-0.25, -0.2) is 4.98 Å². The number of anilines is 2. The average Bonchev–Trinajstić information content (AvgIpc) is 3.20. The first-order valence-corrected chi connectivity index (χ1v) is 6.64. The number of nitrogen functional groups attached to an aromatic ring is 1. The number of nitrogens with two attached hydrogens (primary N) is 1. The Morgan fingerprint density at radius 3 is 3.00 bits per heavy atom. The molecule has 1 fully saturated rings. The SMILES string of the molecule is Cc1ccnc(-n2nc(NCC3CC3)c(C#N)c2N)c1. The van der Waals surface area contributed by atoms with E-state index in [0.717, 1.165) is 12.1 Å². The van der Waals surface area contributed by atoms with Crippen molar-refractivity contribution in [1.29, 1.82) is 5.26 Å². The Morgan fingerprint density at radius 2 is 2.35 bits per heavy atom. The Kier molecular flexibility index (Phi) is 3.03. The summed E-state index contributed by atoms with van der Waals surface area (Å²) in [5.41, 5.74) is 7.47. The van der Waals surface area contributed by atoms with Crippen LogP contribution >= 0.6 is 0 Å². The van der Waals surface area contributed by atoms with Crippen LogP contribution in [0.15, 0.2) is 18.3 Å². The summed E-state index contributed by atoms with van der Waals surface area (Å²) in [5.74, 6) is 2.19. The maximum atomic E-state index is 9.25. The molecule has 1 aliphatic carbocycles. The van der Waals surface area contributed by atoms with E-state index in [1.807, 2.05) is 19.1 Å². The van der Waals surface area contributed by atoms with E-state index in [1.165, 1.54) is 17.5 Å². The molecule has 6 heteroatoms. The molecule has 1 saturated carbocycles. The van der Waals surface area contributed by atoms with E-state index in [2.05, 4.69) is 21.5 Å². The van der Waals surface area contributed by atoms with Gasteiger partial charge in [0.15, 0.2) is 11.6 Å². The molecule has 0 bridgehead atoms. The Hall–Kier alpha value is -2.55. The van der Waals surface area contributed by atoms with Crippen LogP contribution in [-0.2, 0) is 0 Å². The lowest BCUT2D eigenvalue weighted by Crippen LogP contribution is -2.06. The minimum Gasteiger partial charge on any atom is -0.382 e. The second kappa shape index (κ2) is 4.85. The van der Waals surface area contributed by atoms with E-state index < -0.39 is 0 Å². The Balaban J connectivity index is 1.96. The Labute approximate surface area is 117 Å². The molecule has 3 rings (SSSR count). The highest BCUT2D eigenvalue weighted by molar-refractivity contribution is 5.65. The van der Waals surface area contributed by atoms with Crippen LogP contribution in [0.2, 0.25) is 0 Å². The molecule has 2 heterocycles. The van der Waals surface area contributed by atoms with Gasteiger partial charge in [0, 0.05) is 12.7 Å². The van der Waals surface area contributed by atoms with Gasteiger partial charge in [0.25, 0.3) is 0 Å². The number of aryl methyl sites for hydroxylation is 1. The third-order valence-corrected chi connectivity index (χ3v) is 3.41. The second-order valence-corrected chi connectivity index (χ2v) is 5.15. The molecule has 2 aromatic rings. The molecular formula is C14H16N6. The maximum Gasteiger partial charge on any atom is 0.168 e. The zero-order chi connectivity index (χ0) is 14.1. The van der Waals surface area contributed by atoms with Gasteiger partial charge in [-0.05, 0) is 43.4 Å². The lowest BCUT2D eigenvalue weighted by molar-refractivity contribution is 0.837. The summed E-state index contributed by atoms with van der Waals surface area (Å²) < 4.78 is 1.51. The summed E-state index contributed by atoms with van der Waals surface area (Å²) in [6.45, 7) is 2.81. The number of hydrogen-bond acceptors (Lipinski definition) is 5. The summed E-state index contributed by atoms with van der Waals surface area (Å²) in [5, 5.41) is 16.8. The van der Waals surface area contributed by atoms with Crippen molar-refractivity contribution in [3.05, 3.63) is 29.5 Å². The molecule has 2 aromatic heterocycles. The van der Waals surface area contributed by atoms with Crippen molar-refractivity contribution in [1.82, 2.24) is 14.8 Å². The average molecular weight is 268 g/mol. The molecule has 1 aliphatic rings. The highest BCUT2D eigenvalue weighted by Gasteiger charge is 2.23. The predicted octanol–water partition coefficient (Wildman–Crippen LogP) is 1.85. The predicted molar refractivity (Wildman–Crippen MR) is 76.4 cm³/mol. The quantitative estimate of drug-likeness (QED) is 0.882. The molecule has 0 radical (unpaired) electrons. The van der Waals surface area contributed by atoms with Crippen LogP contribution in [-0.4, -0.2) is 21.3 Å². The summed E-state index contributed by atoms with van der Waals surface area (Å²) in [4.78, 5) is 4.25. The third-order valence-electron chi connectivity index (χ3n) is 3.41. The minimum atomic E-state index is 0.323. The molecule has 0 aliphatic heterocycles. The van der Waals surface area contributed by atoms with Gasteiger partial charge < -0.3 is 11.1 Å². The monoisotopic (exact) mass is 268 g/mol. The van der Waals surface area contributed by atoms with E-state index >= 15 is 0 Å². The van der Waals surface area contributed by atoms with Crippen LogP contribution in [0.3, 0.4) is 0 Å². The highest BCUT2D eigenvalue weighted by Crippen LogP contribution is 2.30. The zero-order valence-corrected chi connectivity index (χ0v) is 11.3. The van der Waals surface area contributed by atoms with Crippen LogP contribution in [0.1, 0.15) is 24.0 Å². The molecule has 20 heavy (non-hydrogen) atoms. The fourth-order valence-corrected chi connectivity index (χ4v) is 2.04. The summed E-state index contributed by atoms with van der Waals surface area (Å²) in [6.07, 6.45) is 4.18. The summed E-state index contributed by atoms with van der Waals surface area (Å²) in [7, 11) is 0. The Morgan fingerprint density at radius 1 is 1.55 bits per heavy atom. The molecule has 6 nitrogen and oxygen atoms in total. The summed E-state index contributed by atoms with van der Waals surface area (Å²) >= 11 is 0. The van der Waals surface area contributed by atoms with Crippen molar-refractivity contribution in [2.45, 2.75) is 19.8 Å². The molecule has 0 unspecified atom stereocenters. The Bertz CT molecular complexity index is 677. The molecule has 0 saturated heterocycles. The molecule has 0 spiro atoms. The number of nitriles is 1. The highest BCUT2D eigenvalue weighted by atomic mass is 15.4. The molecule has 0 atom stereocenters. The summed E-state index contributed by atoms with van der Waals surface area (Å²) in [6, 6.07) is 5.90. The normalized spacial score (nSPS) is 14.0. The van der Waals surface area contributed by atoms with E-state index in [4.69, 9.17) is 5.73 Å². The van der Waals surface area contributed by atoms with Crippen molar-refractivity contribution >= 4 is 11.6 Å². The standard InChI is InChI=1S/C14H16N6/c1-9-4-5-17-12(6-9)20-13(16)11(7-15)14(19-20)18-8-10-2-3-10/h4-6,10H,2-3,8,16H2,1H3,(H,18,19). The van der Waals surface area contributed by atoms with Crippen LogP contribution in [0, 0.1) is 24.2 Å². The van der Waals surface area contributed by atoms with Crippen LogP contribution < -0.4 is 11.1 Å². The van der Waals surface area contributed by atoms with Gasteiger partial charge >= 0.3 is 0 Å². The molecule has 0 amide bonds. The van der Waals surface area contributed by atoms with Gasteiger partial charge in [-0.15, -0.1) is 5.10 Å². The second-order valence-electron chi connectivity index (χ2n) is 5.15. The number of rotatable bonds is 4. The van der Waals surface area contributed by atoms with E-state index in [-0.39, 0.29) is 0 Å². The van der Waals surface area contributed by atoms with Gasteiger partial charge in [0.1, 0.15) is 17.5 Å². The fourth-order valence-electron chi connectivity index (χ4n) is 2.04. The van der Waals surface area contributed by atoms with Crippen LogP contribution in [0.4, 0.5) is 11.6 Å². The first-order valence-electron chi connectivity index (χ1n) is 6.64. The van der Waals surface area contributed by atoms with Gasteiger partial charge in [-0.2, -0.15) is 9.94 Å². The van der Waals surface area contributed by atoms with Gasteiger partial charge in [0.05, 0.1) is 0 Å². The van der Waals surface area contributed by atoms with Crippen molar-refractivity contribution in [3.63, 3.8) is 0 Å². The zero-order valence-electron chi connectivity index (χ0n) is 11.3. The first-order chi connectivity index (χ1) is 9.69. The molecule has 3 N–H and O–H groups in total. The van der Waals surface area contributed by atoms with Crippen molar-refractivity contribution in [3.8, 4) is 11.9 Å². The van der Waals surface area contributed by atoms with Crippen LogP contribution in [0.5, 0.6) is 0 Å². The third kappa shape index (κ3) is 2.30. The number of hydrogen-bond donors (Lipinski definition) is 2. The van der Waals surface area contributed by atoms with Crippen LogP contribution in [0.25, 0.3) is 5.82 Å². The van der Waals surface area contributed by atoms with Gasteiger partial charge in [0.2, 0.25) is 0 Å². The smallest absolute Gasteiger partial charge is 0.168 e. The maximum absolute atomic E-state index is 9.25. The van der Waals surface area contributed by atoms with E-state index in [0.29, 0.717) is 28.9 Å². The number of nitrogens with one attached hydrogen (secondary N) is 1. The van der Waals surface area contributed by atoms with E-state index in [1.54, 1.807) is 6.20 Å². The van der Waals surface area contributed by atoms with Crippen molar-refractivity contribution in [2.24, 2.45) is 5.92 Å².